The highest BCUT2D eigenvalue weighted by atomic mass is 15.2. The first kappa shape index (κ1) is 12.4. The van der Waals surface area contributed by atoms with Gasteiger partial charge < -0.3 is 10.6 Å². The molecule has 0 aliphatic heterocycles. The minimum absolute atomic E-state index is 0.0804. The number of aromatic nitrogens is 1. The third-order valence-corrected chi connectivity index (χ3v) is 3.14. The van der Waals surface area contributed by atoms with Crippen LogP contribution in [0.5, 0.6) is 0 Å². The van der Waals surface area contributed by atoms with Crippen LogP contribution in [0.2, 0.25) is 0 Å². The number of rotatable bonds is 5. The van der Waals surface area contributed by atoms with E-state index in [2.05, 4.69) is 29.8 Å². The summed E-state index contributed by atoms with van der Waals surface area (Å²) in [5.41, 5.74) is 7.10. The monoisotopic (exact) mass is 233 g/mol. The smallest absolute Gasteiger partial charge is 0.129 e. The number of hydrogen-bond donors (Lipinski definition) is 1. The molecule has 0 bridgehead atoms. The highest BCUT2D eigenvalue weighted by Gasteiger charge is 2.30. The summed E-state index contributed by atoms with van der Waals surface area (Å²) in [7, 11) is 0. The molecule has 2 rings (SSSR count). The Bertz CT molecular complexity index is 369. The van der Waals surface area contributed by atoms with Crippen LogP contribution in [-0.4, -0.2) is 17.6 Å². The Balaban J connectivity index is 2.19. The van der Waals surface area contributed by atoms with E-state index in [0.717, 1.165) is 12.4 Å². The molecule has 17 heavy (non-hydrogen) atoms. The summed E-state index contributed by atoms with van der Waals surface area (Å²) in [6.07, 6.45) is 4.48. The van der Waals surface area contributed by atoms with Gasteiger partial charge in [-0.1, -0.05) is 13.8 Å². The van der Waals surface area contributed by atoms with Crippen molar-refractivity contribution in [3.05, 3.63) is 23.9 Å². The second kappa shape index (κ2) is 5.05. The van der Waals surface area contributed by atoms with E-state index in [9.17, 15) is 0 Å². The van der Waals surface area contributed by atoms with Crippen LogP contribution in [0.4, 0.5) is 5.82 Å². The molecule has 1 aliphatic rings. The Morgan fingerprint density at radius 2 is 2.12 bits per heavy atom. The molecule has 1 atom stereocenters. The van der Waals surface area contributed by atoms with Crippen molar-refractivity contribution in [2.75, 3.05) is 11.4 Å². The Kier molecular flexibility index (Phi) is 3.67. The van der Waals surface area contributed by atoms with E-state index < -0.39 is 0 Å². The molecule has 1 aromatic rings. The molecule has 0 saturated heterocycles. The lowest BCUT2D eigenvalue weighted by Gasteiger charge is -2.26. The van der Waals surface area contributed by atoms with Crippen molar-refractivity contribution in [1.29, 1.82) is 0 Å². The predicted octanol–water partition coefficient (Wildman–Crippen LogP) is 2.73. The van der Waals surface area contributed by atoms with E-state index in [4.69, 9.17) is 5.73 Å². The molecule has 1 saturated carbocycles. The zero-order chi connectivity index (χ0) is 12.4. The number of nitrogens with zero attached hydrogens (tertiary/aromatic N) is 2. The number of pyridine rings is 1. The highest BCUT2D eigenvalue weighted by molar-refractivity contribution is 5.44. The standard InChI is InChI=1S/C14H23N3/c1-10(2)9-17(13-4-5-13)14-8-12(11(3)15)6-7-16-14/h6-8,10-11,13H,4-5,9,15H2,1-3H3/t11-/m0/s1. The minimum Gasteiger partial charge on any atom is -0.353 e. The fourth-order valence-corrected chi connectivity index (χ4v) is 2.08. The molecule has 1 fully saturated rings. The number of nitrogens with two attached hydrogens (primary N) is 1. The van der Waals surface area contributed by atoms with E-state index in [0.29, 0.717) is 12.0 Å². The van der Waals surface area contributed by atoms with Crippen LogP contribution in [-0.2, 0) is 0 Å². The molecule has 1 heterocycles. The van der Waals surface area contributed by atoms with Gasteiger partial charge in [-0.3, -0.25) is 0 Å². The quantitative estimate of drug-likeness (QED) is 0.850. The Labute approximate surface area is 104 Å². The molecular weight excluding hydrogens is 210 g/mol. The fourth-order valence-electron chi connectivity index (χ4n) is 2.08. The van der Waals surface area contributed by atoms with Crippen molar-refractivity contribution < 1.29 is 0 Å². The van der Waals surface area contributed by atoms with Gasteiger partial charge in [0, 0.05) is 24.8 Å². The molecule has 94 valence electrons. The van der Waals surface area contributed by atoms with Crippen molar-refractivity contribution in [3.63, 3.8) is 0 Å². The lowest BCUT2D eigenvalue weighted by Crippen LogP contribution is -2.30. The summed E-state index contributed by atoms with van der Waals surface area (Å²) >= 11 is 0. The first-order valence-corrected chi connectivity index (χ1v) is 6.56. The summed E-state index contributed by atoms with van der Waals surface area (Å²) < 4.78 is 0. The van der Waals surface area contributed by atoms with Crippen LogP contribution < -0.4 is 10.6 Å². The van der Waals surface area contributed by atoms with Crippen molar-refractivity contribution in [2.45, 2.75) is 45.7 Å². The maximum absolute atomic E-state index is 5.93. The van der Waals surface area contributed by atoms with Gasteiger partial charge in [0.1, 0.15) is 5.82 Å². The maximum atomic E-state index is 5.93. The van der Waals surface area contributed by atoms with E-state index >= 15 is 0 Å². The molecule has 1 aromatic heterocycles. The van der Waals surface area contributed by atoms with Crippen LogP contribution in [0.3, 0.4) is 0 Å². The second-order valence-corrected chi connectivity index (χ2v) is 5.51. The van der Waals surface area contributed by atoms with Gasteiger partial charge in [0.25, 0.3) is 0 Å². The molecule has 0 aromatic carbocycles. The fraction of sp³-hybridized carbons (Fsp3) is 0.643. The summed E-state index contributed by atoms with van der Waals surface area (Å²) in [6, 6.07) is 4.94. The van der Waals surface area contributed by atoms with Crippen molar-refractivity contribution in [3.8, 4) is 0 Å². The summed E-state index contributed by atoms with van der Waals surface area (Å²) in [4.78, 5) is 6.95. The van der Waals surface area contributed by atoms with Crippen LogP contribution in [0.1, 0.15) is 45.2 Å². The molecule has 2 N–H and O–H groups in total. The Morgan fingerprint density at radius 3 is 2.65 bits per heavy atom. The summed E-state index contributed by atoms with van der Waals surface area (Å²) in [5, 5.41) is 0. The lowest BCUT2D eigenvalue weighted by molar-refractivity contribution is 0.602. The van der Waals surface area contributed by atoms with Crippen LogP contribution in [0.15, 0.2) is 18.3 Å². The maximum Gasteiger partial charge on any atom is 0.129 e. The third kappa shape index (κ3) is 3.19. The zero-order valence-corrected chi connectivity index (χ0v) is 11.1. The lowest BCUT2D eigenvalue weighted by atomic mass is 10.1. The molecule has 0 spiro atoms. The average Bonchev–Trinajstić information content (AvgIpc) is 3.09. The molecular formula is C14H23N3. The van der Waals surface area contributed by atoms with Gasteiger partial charge in [-0.15, -0.1) is 0 Å². The van der Waals surface area contributed by atoms with Crippen molar-refractivity contribution in [2.24, 2.45) is 11.7 Å². The van der Waals surface area contributed by atoms with E-state index in [1.165, 1.54) is 18.4 Å². The van der Waals surface area contributed by atoms with Gasteiger partial charge in [-0.25, -0.2) is 4.98 Å². The highest BCUT2D eigenvalue weighted by Crippen LogP contribution is 2.31. The SMILES string of the molecule is CC(C)CN(c1cc([C@H](C)N)ccn1)C1CC1. The molecule has 3 nitrogen and oxygen atoms in total. The molecule has 0 unspecified atom stereocenters. The molecule has 0 radical (unpaired) electrons. The van der Waals surface area contributed by atoms with Crippen molar-refractivity contribution >= 4 is 5.82 Å². The van der Waals surface area contributed by atoms with Gasteiger partial charge in [0.05, 0.1) is 0 Å². The largest absolute Gasteiger partial charge is 0.353 e. The van der Waals surface area contributed by atoms with Crippen LogP contribution in [0.25, 0.3) is 0 Å². The predicted molar refractivity (Wildman–Crippen MR) is 72.0 cm³/mol. The van der Waals surface area contributed by atoms with Gasteiger partial charge in [-0.05, 0) is 43.4 Å². The normalized spacial score (nSPS) is 17.2. The van der Waals surface area contributed by atoms with Gasteiger partial charge in [0.15, 0.2) is 0 Å². The van der Waals surface area contributed by atoms with Gasteiger partial charge in [0.2, 0.25) is 0 Å². The minimum atomic E-state index is 0.0804. The Hall–Kier alpha value is -1.09. The first-order valence-electron chi connectivity index (χ1n) is 6.56. The first-order chi connectivity index (χ1) is 8.08. The van der Waals surface area contributed by atoms with Crippen LogP contribution >= 0.6 is 0 Å². The average molecular weight is 233 g/mol. The van der Waals surface area contributed by atoms with Crippen molar-refractivity contribution in [1.82, 2.24) is 4.98 Å². The van der Waals surface area contributed by atoms with Gasteiger partial charge >= 0.3 is 0 Å². The number of anilines is 1. The topological polar surface area (TPSA) is 42.1 Å². The second-order valence-electron chi connectivity index (χ2n) is 5.51. The summed E-state index contributed by atoms with van der Waals surface area (Å²) in [6.45, 7) is 7.61. The van der Waals surface area contributed by atoms with E-state index in [1.54, 1.807) is 0 Å². The number of hydrogen-bond acceptors (Lipinski definition) is 3. The van der Waals surface area contributed by atoms with Crippen LogP contribution in [0, 0.1) is 5.92 Å². The third-order valence-electron chi connectivity index (χ3n) is 3.14. The molecule has 1 aliphatic carbocycles. The zero-order valence-electron chi connectivity index (χ0n) is 11.1. The molecule has 0 amide bonds. The van der Waals surface area contributed by atoms with Gasteiger partial charge in [-0.2, -0.15) is 0 Å². The summed E-state index contributed by atoms with van der Waals surface area (Å²) in [5.74, 6) is 1.76. The molecule has 3 heteroatoms. The Morgan fingerprint density at radius 1 is 1.41 bits per heavy atom. The van der Waals surface area contributed by atoms with E-state index in [1.807, 2.05) is 19.2 Å². The van der Waals surface area contributed by atoms with E-state index in [-0.39, 0.29) is 6.04 Å².